The number of aliphatic hydroxyl groups is 15. The number of hydrogen-bond donors (Lipinski definition) is 15. The number of aliphatic hydroxyl groups excluding tert-OH is 14. The summed E-state index contributed by atoms with van der Waals surface area (Å²) in [6.07, 6.45) is -23.4. The van der Waals surface area contributed by atoms with E-state index < -0.39 is 182 Å². The summed E-state index contributed by atoms with van der Waals surface area (Å²) < 4.78 is 48.8. The molecule has 29 atom stereocenters. The van der Waals surface area contributed by atoms with Gasteiger partial charge in [0.25, 0.3) is 0 Å². The molecule has 77 heavy (non-hydrogen) atoms. The second kappa shape index (κ2) is 22.4. The highest BCUT2D eigenvalue weighted by Crippen LogP contribution is 2.78. The fourth-order valence-corrected chi connectivity index (χ4v) is 16.3. The highest BCUT2D eigenvalue weighted by Gasteiger charge is 2.75. The molecule has 8 rings (SSSR count). The van der Waals surface area contributed by atoms with Gasteiger partial charge in [-0.15, -0.1) is 0 Å². The molecule has 8 aliphatic rings. The van der Waals surface area contributed by atoms with Gasteiger partial charge in [0, 0.05) is 5.41 Å². The maximum Gasteiger partial charge on any atom is 0.187 e. The summed E-state index contributed by atoms with van der Waals surface area (Å²) in [4.78, 5) is 0. The van der Waals surface area contributed by atoms with Crippen molar-refractivity contribution in [2.45, 2.75) is 254 Å². The summed E-state index contributed by atoms with van der Waals surface area (Å²) >= 11 is 0. The van der Waals surface area contributed by atoms with Gasteiger partial charge in [-0.25, -0.2) is 0 Å². The smallest absolute Gasteiger partial charge is 0.187 e. The van der Waals surface area contributed by atoms with Crippen LogP contribution in [0.3, 0.4) is 0 Å². The van der Waals surface area contributed by atoms with Gasteiger partial charge in [0.15, 0.2) is 25.2 Å². The fraction of sp³-hybridized carbons (Fsp3) is 0.963. The summed E-state index contributed by atoms with van der Waals surface area (Å²) in [5.41, 5.74) is -5.13. The molecule has 4 aliphatic heterocycles. The SMILES string of the molecule is CC(C)(O)C=CCC(C)(OC1OC(COC2OCC(O)C(O)C2O)C(O)C(O)C1O)C1(C)CCC2(C)C1C(O)CC1C3(C)CCC(OC4OC(CO)C(O)C(O)C4OC4OC(CO)C(O)C(O)C4O)C(C)(C)C3CCC12C. The van der Waals surface area contributed by atoms with Crippen molar-refractivity contribution in [3.63, 3.8) is 0 Å². The first kappa shape index (κ1) is 61.9. The molecule has 0 radical (unpaired) electrons. The van der Waals surface area contributed by atoms with Crippen molar-refractivity contribution in [3.05, 3.63) is 12.2 Å². The number of ether oxygens (including phenoxy) is 8. The largest absolute Gasteiger partial charge is 0.394 e. The molecule has 446 valence electrons. The van der Waals surface area contributed by atoms with Crippen molar-refractivity contribution < 1.29 is 114 Å². The predicted octanol–water partition coefficient (Wildman–Crippen LogP) is -2.20. The normalized spacial score (nSPS) is 53.1. The topological polar surface area (TPSA) is 377 Å². The minimum Gasteiger partial charge on any atom is -0.394 e. The molecule has 0 spiro atoms. The standard InChI is InChI=1S/C54H92O23/c1-48(2,69)13-10-14-54(9,77-46-41(68)37(64)35(62)28(74-46)23-71-44-39(66)32(59)25(58)22-70-44)53(8)18-17-52(7)43(53)24(57)19-30-50(5)15-12-31(49(3,4)29(50)11-16-51(30,52)6)75-47-42(38(65)34(61)27(21-56)73-47)76-45-40(67)36(63)33(60)26(20-55)72-45/h10,13,24-47,55-69H,11-12,14-23H2,1-9H3. The maximum absolute atomic E-state index is 13.0. The lowest BCUT2D eigenvalue weighted by atomic mass is 9.34. The van der Waals surface area contributed by atoms with E-state index in [-0.39, 0.29) is 35.7 Å². The Bertz CT molecular complexity index is 2030. The molecular formula is C54H92O23. The van der Waals surface area contributed by atoms with Crippen LogP contribution in [0.25, 0.3) is 0 Å². The van der Waals surface area contributed by atoms with Crippen LogP contribution < -0.4 is 0 Å². The average Bonchev–Trinajstić information content (AvgIpc) is 3.98. The van der Waals surface area contributed by atoms with Gasteiger partial charge in [-0.1, -0.05) is 53.7 Å². The van der Waals surface area contributed by atoms with Gasteiger partial charge < -0.3 is 114 Å². The van der Waals surface area contributed by atoms with E-state index in [2.05, 4.69) is 41.5 Å². The van der Waals surface area contributed by atoms with E-state index in [1.54, 1.807) is 26.0 Å². The molecule has 0 aromatic carbocycles. The van der Waals surface area contributed by atoms with Crippen LogP contribution in [0.4, 0.5) is 0 Å². The summed E-state index contributed by atoms with van der Waals surface area (Å²) in [6.45, 7) is 16.2. The zero-order valence-corrected chi connectivity index (χ0v) is 46.0. The summed E-state index contributed by atoms with van der Waals surface area (Å²) in [6, 6.07) is 0. The zero-order chi connectivity index (χ0) is 56.9. The van der Waals surface area contributed by atoms with Crippen molar-refractivity contribution in [1.82, 2.24) is 0 Å². The molecule has 4 aliphatic carbocycles. The number of hydrogen-bond acceptors (Lipinski definition) is 23. The molecule has 0 bridgehead atoms. The Balaban J connectivity index is 1.04. The summed E-state index contributed by atoms with van der Waals surface area (Å²) in [5, 5.41) is 163. The quantitative estimate of drug-likeness (QED) is 0.0611. The molecule has 0 aromatic rings. The second-order valence-corrected chi connectivity index (χ2v) is 26.4. The van der Waals surface area contributed by atoms with Crippen LogP contribution >= 0.6 is 0 Å². The third-order valence-electron chi connectivity index (χ3n) is 21.1. The third kappa shape index (κ3) is 10.7. The van der Waals surface area contributed by atoms with Crippen LogP contribution in [0.1, 0.15) is 114 Å². The van der Waals surface area contributed by atoms with Crippen LogP contribution in [0.5, 0.6) is 0 Å². The Labute approximate surface area is 450 Å². The molecule has 23 heteroatoms. The minimum absolute atomic E-state index is 0.00398. The maximum atomic E-state index is 13.0. The van der Waals surface area contributed by atoms with E-state index in [0.29, 0.717) is 32.1 Å². The van der Waals surface area contributed by atoms with Gasteiger partial charge in [-0.2, -0.15) is 0 Å². The van der Waals surface area contributed by atoms with Crippen LogP contribution in [0.2, 0.25) is 0 Å². The zero-order valence-electron chi connectivity index (χ0n) is 46.0. The lowest BCUT2D eigenvalue weighted by molar-refractivity contribution is -0.378. The monoisotopic (exact) mass is 1110 g/mol. The lowest BCUT2D eigenvalue weighted by Gasteiger charge is -2.71. The van der Waals surface area contributed by atoms with Crippen LogP contribution in [0.15, 0.2) is 12.2 Å². The first-order valence-electron chi connectivity index (χ1n) is 27.7. The Morgan fingerprint density at radius 2 is 1.13 bits per heavy atom. The molecule has 15 N–H and O–H groups in total. The predicted molar refractivity (Wildman–Crippen MR) is 266 cm³/mol. The Kier molecular flexibility index (Phi) is 18.0. The first-order valence-corrected chi connectivity index (χ1v) is 27.7. The summed E-state index contributed by atoms with van der Waals surface area (Å²) in [5.74, 6) is -0.383. The number of fused-ring (bicyclic) bond motifs is 5. The Hall–Kier alpha value is -1.18. The van der Waals surface area contributed by atoms with Crippen LogP contribution in [-0.4, -0.2) is 243 Å². The Morgan fingerprint density at radius 1 is 0.558 bits per heavy atom. The fourth-order valence-electron chi connectivity index (χ4n) is 16.3. The van der Waals surface area contributed by atoms with Crippen molar-refractivity contribution in [2.75, 3.05) is 26.4 Å². The van der Waals surface area contributed by atoms with Crippen LogP contribution in [0, 0.1) is 44.8 Å². The van der Waals surface area contributed by atoms with Gasteiger partial charge in [0.1, 0.15) is 91.6 Å². The van der Waals surface area contributed by atoms with E-state index in [0.717, 1.165) is 12.8 Å². The highest BCUT2D eigenvalue weighted by atomic mass is 16.8. The van der Waals surface area contributed by atoms with Gasteiger partial charge in [-0.3, -0.25) is 0 Å². The molecule has 4 heterocycles. The lowest BCUT2D eigenvalue weighted by Crippen LogP contribution is -2.69. The minimum atomic E-state index is -1.82. The molecule has 0 aromatic heterocycles. The van der Waals surface area contributed by atoms with Gasteiger partial charge in [0.2, 0.25) is 0 Å². The van der Waals surface area contributed by atoms with Crippen molar-refractivity contribution in [2.24, 2.45) is 44.8 Å². The molecule has 8 fully saturated rings. The van der Waals surface area contributed by atoms with E-state index in [1.165, 1.54) is 0 Å². The molecular weight excluding hydrogens is 1020 g/mol. The highest BCUT2D eigenvalue weighted by molar-refractivity contribution is 5.24. The van der Waals surface area contributed by atoms with E-state index in [1.807, 2.05) is 6.92 Å². The third-order valence-corrected chi connectivity index (χ3v) is 21.1. The van der Waals surface area contributed by atoms with Gasteiger partial charge >= 0.3 is 0 Å². The van der Waals surface area contributed by atoms with Gasteiger partial charge in [-0.05, 0) is 112 Å². The molecule has 23 nitrogen and oxygen atoms in total. The van der Waals surface area contributed by atoms with Crippen LogP contribution in [-0.2, 0) is 37.9 Å². The van der Waals surface area contributed by atoms with E-state index in [9.17, 15) is 76.6 Å². The van der Waals surface area contributed by atoms with Crippen molar-refractivity contribution >= 4 is 0 Å². The van der Waals surface area contributed by atoms with Crippen molar-refractivity contribution in [1.29, 1.82) is 0 Å². The first-order chi connectivity index (χ1) is 35.7. The molecule has 29 unspecified atom stereocenters. The van der Waals surface area contributed by atoms with Crippen molar-refractivity contribution in [3.8, 4) is 0 Å². The second-order valence-electron chi connectivity index (χ2n) is 26.4. The van der Waals surface area contributed by atoms with E-state index >= 15 is 0 Å². The average molecular weight is 1110 g/mol. The Morgan fingerprint density at radius 3 is 1.75 bits per heavy atom. The van der Waals surface area contributed by atoms with E-state index in [4.69, 9.17) is 37.9 Å². The molecule has 4 saturated heterocycles. The van der Waals surface area contributed by atoms with Gasteiger partial charge in [0.05, 0.1) is 49.8 Å². The number of rotatable bonds is 15. The molecule has 4 saturated carbocycles. The molecule has 0 amide bonds. The summed E-state index contributed by atoms with van der Waals surface area (Å²) in [7, 11) is 0.